The van der Waals surface area contributed by atoms with E-state index in [1.807, 2.05) is 0 Å². The van der Waals surface area contributed by atoms with Crippen molar-refractivity contribution < 1.29 is 129 Å². The largest absolute Gasteiger partial charge is 1.00 e. The van der Waals surface area contributed by atoms with Crippen LogP contribution in [0.5, 0.6) is 0 Å². The van der Waals surface area contributed by atoms with E-state index in [1.54, 1.807) is 0 Å². The molecule has 0 bridgehead atoms. The molecule has 0 atom stereocenters. The third kappa shape index (κ3) is 7.01. The maximum absolute atomic E-state index is 12.9. The Morgan fingerprint density at radius 3 is 1.60 bits per heavy atom. The second-order valence-electron chi connectivity index (χ2n) is 3.81. The van der Waals surface area contributed by atoms with E-state index in [0.717, 1.165) is 19.1 Å². The Balaban J connectivity index is 0. The first kappa shape index (κ1) is 24.2. The van der Waals surface area contributed by atoms with Crippen molar-refractivity contribution in [1.29, 1.82) is 0 Å². The molecule has 0 saturated heterocycles. The van der Waals surface area contributed by atoms with Gasteiger partial charge in [-0.1, -0.05) is 49.2 Å². The molecule has 1 aromatic carbocycles. The van der Waals surface area contributed by atoms with Crippen LogP contribution < -0.4 is 103 Å². The molecule has 0 spiro atoms. The molecule has 100 valence electrons. The van der Waals surface area contributed by atoms with E-state index in [4.69, 9.17) is 0 Å². The SMILES string of the molecule is CC/C(=C(\c1ccccc1)[B-](F)(F)F)[B-](F)(F)F.[K+].[K+]. The van der Waals surface area contributed by atoms with Crippen LogP contribution in [0, 0.1) is 0 Å². The molecule has 0 N–H and O–H groups in total. The van der Waals surface area contributed by atoms with Crippen LogP contribution in [0.4, 0.5) is 25.9 Å². The van der Waals surface area contributed by atoms with Gasteiger partial charge in [0.1, 0.15) is 0 Å². The monoisotopic (exact) mass is 344 g/mol. The molecule has 0 fully saturated rings. The maximum Gasteiger partial charge on any atom is 1.00 e. The van der Waals surface area contributed by atoms with Gasteiger partial charge < -0.3 is 25.9 Å². The van der Waals surface area contributed by atoms with Crippen molar-refractivity contribution in [2.75, 3.05) is 0 Å². The molecule has 0 aliphatic rings. The zero-order chi connectivity index (χ0) is 14.0. The van der Waals surface area contributed by atoms with Gasteiger partial charge in [0.2, 0.25) is 0 Å². The molecule has 0 nitrogen and oxygen atoms in total. The number of rotatable bonds is 4. The van der Waals surface area contributed by atoms with Crippen LogP contribution in [0.3, 0.4) is 0 Å². The normalized spacial score (nSPS) is 12.9. The van der Waals surface area contributed by atoms with Gasteiger partial charge >= 0.3 is 117 Å². The number of allylic oxidation sites excluding steroid dienone is 1. The number of benzene rings is 1. The van der Waals surface area contributed by atoms with Crippen LogP contribution in [0.1, 0.15) is 18.9 Å². The van der Waals surface area contributed by atoms with Crippen molar-refractivity contribution in [3.05, 3.63) is 41.4 Å². The zero-order valence-corrected chi connectivity index (χ0v) is 17.8. The average Bonchev–Trinajstić information content (AvgIpc) is 2.23. The Morgan fingerprint density at radius 1 is 0.850 bits per heavy atom. The Labute approximate surface area is 199 Å². The summed E-state index contributed by atoms with van der Waals surface area (Å²) in [6, 6.07) is 6.11. The standard InChI is InChI=1S/C10H10B2F6.2K/c1-2-9(11(13,14)15)10(12(16,17)18)8-6-4-3-5-7-8;;/h3-7H,2H2,1H3;;/q-2;2*+1/b10-9-;;. The Bertz CT molecular complexity index is 441. The van der Waals surface area contributed by atoms with E-state index < -0.39 is 36.9 Å². The first-order valence-electron chi connectivity index (χ1n) is 5.36. The molecule has 0 aliphatic heterocycles. The Morgan fingerprint density at radius 2 is 1.30 bits per heavy atom. The predicted molar refractivity (Wildman–Crippen MR) is 61.8 cm³/mol. The van der Waals surface area contributed by atoms with Gasteiger partial charge in [-0.05, 0) is 0 Å². The van der Waals surface area contributed by atoms with Crippen molar-refractivity contribution in [3.63, 3.8) is 0 Å². The summed E-state index contributed by atoms with van der Waals surface area (Å²) in [6.07, 6.45) is -0.686. The van der Waals surface area contributed by atoms with Crippen LogP contribution in [-0.2, 0) is 0 Å². The molecule has 1 rings (SSSR count). The van der Waals surface area contributed by atoms with E-state index >= 15 is 0 Å². The van der Waals surface area contributed by atoms with Crippen LogP contribution in [-0.4, -0.2) is 14.0 Å². The number of hydrogen-bond donors (Lipinski definition) is 0. The quantitative estimate of drug-likeness (QED) is 0.467. The fourth-order valence-corrected chi connectivity index (χ4v) is 1.80. The summed E-state index contributed by atoms with van der Waals surface area (Å²) in [5, 5.41) is 0. The molecule has 0 heterocycles. The van der Waals surface area contributed by atoms with E-state index in [1.165, 1.54) is 18.2 Å². The van der Waals surface area contributed by atoms with Crippen LogP contribution in [0.25, 0.3) is 5.47 Å². The summed E-state index contributed by atoms with van der Waals surface area (Å²) < 4.78 is 76.8. The second kappa shape index (κ2) is 9.94. The van der Waals surface area contributed by atoms with Crippen LogP contribution in [0.15, 0.2) is 35.8 Å². The third-order valence-corrected chi connectivity index (χ3v) is 2.53. The first-order chi connectivity index (χ1) is 8.18. The Kier molecular flexibility index (Phi) is 12.0. The van der Waals surface area contributed by atoms with Gasteiger partial charge in [0.05, 0.1) is 0 Å². The van der Waals surface area contributed by atoms with Gasteiger partial charge in [-0.15, -0.1) is 5.47 Å². The molecule has 0 aliphatic carbocycles. The molecule has 10 heteroatoms. The van der Waals surface area contributed by atoms with Crippen molar-refractivity contribution in [2.24, 2.45) is 0 Å². The van der Waals surface area contributed by atoms with Gasteiger partial charge in [-0.3, -0.25) is 0 Å². The molecule has 0 radical (unpaired) electrons. The van der Waals surface area contributed by atoms with Gasteiger partial charge in [0.25, 0.3) is 0 Å². The van der Waals surface area contributed by atoms with E-state index in [-0.39, 0.29) is 103 Å². The molecular weight excluding hydrogens is 334 g/mol. The molecule has 0 aromatic heterocycles. The molecule has 0 amide bonds. The van der Waals surface area contributed by atoms with E-state index in [2.05, 4.69) is 0 Å². The first-order valence-corrected chi connectivity index (χ1v) is 5.36. The maximum atomic E-state index is 12.9. The summed E-state index contributed by atoms with van der Waals surface area (Å²) in [4.78, 5) is 0. The van der Waals surface area contributed by atoms with Crippen molar-refractivity contribution >= 4 is 19.4 Å². The number of hydrogen-bond acceptors (Lipinski definition) is 0. The topological polar surface area (TPSA) is 0 Å². The summed E-state index contributed by atoms with van der Waals surface area (Å²) in [6.45, 7) is -10.3. The smallest absolute Gasteiger partial charge is 0.445 e. The van der Waals surface area contributed by atoms with Gasteiger partial charge in [0, 0.05) is 0 Å². The molecular formula is C10H10B2F6K2. The second-order valence-corrected chi connectivity index (χ2v) is 3.81. The van der Waals surface area contributed by atoms with Crippen LogP contribution >= 0.6 is 0 Å². The van der Waals surface area contributed by atoms with Crippen molar-refractivity contribution in [2.45, 2.75) is 13.3 Å². The van der Waals surface area contributed by atoms with Gasteiger partial charge in [-0.25, -0.2) is 0 Å². The predicted octanol–water partition coefficient (Wildman–Crippen LogP) is -1.37. The fourth-order valence-electron chi connectivity index (χ4n) is 1.80. The summed E-state index contributed by atoms with van der Waals surface area (Å²) in [7, 11) is 0. The van der Waals surface area contributed by atoms with Gasteiger partial charge in [-0.2, -0.15) is 5.47 Å². The zero-order valence-electron chi connectivity index (χ0n) is 11.5. The van der Waals surface area contributed by atoms with Crippen molar-refractivity contribution in [3.8, 4) is 0 Å². The van der Waals surface area contributed by atoms with Crippen LogP contribution in [0.2, 0.25) is 0 Å². The minimum Gasteiger partial charge on any atom is -0.445 e. The number of halogens is 6. The Hall–Kier alpha value is 1.94. The summed E-state index contributed by atoms with van der Waals surface area (Å²) >= 11 is 0. The minimum absolute atomic E-state index is 0. The molecule has 0 saturated carbocycles. The fraction of sp³-hybridized carbons (Fsp3) is 0.200. The molecule has 1 aromatic rings. The van der Waals surface area contributed by atoms with E-state index in [0.29, 0.717) is 0 Å². The summed E-state index contributed by atoms with van der Waals surface area (Å²) in [5.41, 5.74) is -3.42. The third-order valence-electron chi connectivity index (χ3n) is 2.53. The average molecular weight is 344 g/mol. The van der Waals surface area contributed by atoms with Crippen molar-refractivity contribution in [1.82, 2.24) is 0 Å². The summed E-state index contributed by atoms with van der Waals surface area (Å²) in [5.74, 6) is 0. The van der Waals surface area contributed by atoms with E-state index in [9.17, 15) is 25.9 Å². The molecule has 20 heavy (non-hydrogen) atoms. The minimum atomic E-state index is -5.71. The van der Waals surface area contributed by atoms with Gasteiger partial charge in [0.15, 0.2) is 0 Å². The molecule has 0 unspecified atom stereocenters.